The molecule has 21 aliphatic rings. The van der Waals surface area contributed by atoms with E-state index in [0.717, 1.165) is 32.1 Å². The van der Waals surface area contributed by atoms with Crippen LogP contribution in [-0.2, 0) is 64.3 Å². The van der Waals surface area contributed by atoms with Gasteiger partial charge < -0.3 is 18.9 Å². The third kappa shape index (κ3) is 4.86. The fraction of sp³-hybridized carbons (Fsp3) is 0.654. The largest absolute Gasteiger partial charge is 0.458 e. The van der Waals surface area contributed by atoms with Gasteiger partial charge in [-0.05, 0) is 229 Å². The predicted octanol–water partition coefficient (Wildman–Crippen LogP) is 8.16. The summed E-state index contributed by atoms with van der Waals surface area (Å²) in [7, 11) is 0. The van der Waals surface area contributed by atoms with Gasteiger partial charge in [0.2, 0.25) is 0 Å². The first-order chi connectivity index (χ1) is 45.8. The second-order valence-corrected chi connectivity index (χ2v) is 35.7. The van der Waals surface area contributed by atoms with E-state index in [1.54, 1.807) is 5.57 Å². The average Bonchev–Trinajstić information content (AvgIpc) is 1.37. The quantitative estimate of drug-likeness (QED) is 0.0363. The number of carbonyl (C=O) groups is 4. The molecular weight excluding hydrogens is 1160 g/mol. The molecule has 0 N–H and O–H groups in total. The van der Waals surface area contributed by atoms with E-state index >= 15 is 19.2 Å². The number of carbonyl (C=O) groups excluding carboxylic acids is 4. The second-order valence-electron chi connectivity index (χ2n) is 35.7. The number of ether oxygens (including phenoxy) is 4. The van der Waals surface area contributed by atoms with Crippen molar-refractivity contribution in [3.8, 4) is 0 Å². The third-order valence-corrected chi connectivity index (χ3v) is 35.9. The fourth-order valence-corrected chi connectivity index (χ4v) is 37.1. The molecule has 0 radical (unpaired) electrons. The van der Waals surface area contributed by atoms with Crippen molar-refractivity contribution in [2.24, 2.45) is 210 Å². The Morgan fingerprint density at radius 1 is 0.419 bits per heavy atom. The Bertz CT molecular complexity index is 4010. The van der Waals surface area contributed by atoms with Crippen LogP contribution in [0.5, 0.6) is 0 Å². The van der Waals surface area contributed by atoms with Gasteiger partial charge in [0.15, 0.2) is 113 Å². The van der Waals surface area contributed by atoms with Gasteiger partial charge in [-0.1, -0.05) is 48.1 Å². The van der Waals surface area contributed by atoms with E-state index in [4.69, 9.17) is 18.9 Å². The highest BCUT2D eigenvalue weighted by Gasteiger charge is 3.14. The van der Waals surface area contributed by atoms with Crippen LogP contribution in [0.4, 0.5) is 0 Å². The van der Waals surface area contributed by atoms with E-state index < -0.39 is 32.5 Å². The number of aromatic nitrogens is 4. The van der Waals surface area contributed by atoms with Crippen molar-refractivity contribution in [1.82, 2.24) is 0 Å². The number of pyridine rings is 4. The summed E-state index contributed by atoms with van der Waals surface area (Å²) in [4.78, 5) is 68.4. The summed E-state index contributed by atoms with van der Waals surface area (Å²) < 4.78 is 36.7. The van der Waals surface area contributed by atoms with Gasteiger partial charge in [0.05, 0.1) is 0 Å². The number of allylic oxidation sites excluding steroid dienone is 4. The van der Waals surface area contributed by atoms with Gasteiger partial charge >= 0.3 is 23.9 Å². The van der Waals surface area contributed by atoms with Crippen molar-refractivity contribution in [3.05, 3.63) is 146 Å². The lowest BCUT2D eigenvalue weighted by Crippen LogP contribution is -2.69. The highest BCUT2D eigenvalue weighted by Crippen LogP contribution is 3.12. The van der Waals surface area contributed by atoms with Crippen LogP contribution in [0.1, 0.15) is 57.8 Å². The van der Waals surface area contributed by atoms with E-state index in [1.807, 2.05) is 72.8 Å². The molecule has 0 aliphatic heterocycles. The second kappa shape index (κ2) is 16.5. The Balaban J connectivity index is 0.718. The van der Waals surface area contributed by atoms with Gasteiger partial charge in [0, 0.05) is 75.6 Å². The molecule has 4 aromatic heterocycles. The molecule has 12 heteroatoms. The zero-order valence-corrected chi connectivity index (χ0v) is 53.1. The monoisotopic (exact) mass is 1240 g/mol. The maximum atomic E-state index is 17.1. The molecule has 4 aromatic rings. The molecule has 93 heavy (non-hydrogen) atoms. The van der Waals surface area contributed by atoms with Gasteiger partial charge in [0.25, 0.3) is 0 Å². The van der Waals surface area contributed by atoms with Crippen LogP contribution in [-0.4, -0.2) is 50.3 Å². The SMILES string of the molecule is O=C(OCC[n+]1ccccc1)C1(C(=O)OCC[n+]2ccccc2)C23CCC4CC5CC6C=CC78CC9CC%10=CC%11CC%12CCC2C2C%12C%12C%11C%11C%13C%14C%12C2C2C%12C%14C%14C(C5C%12C4C213)C6C7C%14C%13C1(C%10%11)C(C(=O)OCC[n+]2ccccc2)(C(=O)OCC[n+]2ccccc2)C981. The van der Waals surface area contributed by atoms with Crippen molar-refractivity contribution in [1.29, 1.82) is 0 Å². The lowest BCUT2D eigenvalue weighted by molar-refractivity contribution is -0.698. The standard InChI is InChI=1S/C81H86N4O8/c86-71(90-31-27-82-19-5-1-6-20-82)79(72(87)91-32-28-83-21-7-2-8-22-83)76-18-16-43-37-44-36-42-15-17-75-40-47-39-46-38-45-35-41-13-14-48(76)53-49(41)54-50(45)61-64-57-56(54)62(53)69-63-58(57)59-55(51(44)60(63)66(43)77(69,76)79)52(42)68(75)65(59)70(64)78(67(46)61)80(81(47,75)78,73(88)92-33-29-84-23-9-3-10-24-84)74(89)93-34-30-85-25-11-4-12-26-85/h1-12,15,17,19-26,38,41-45,47-70H,13-14,16,18,27-37,39-40H2/q+4. The molecule has 21 aliphatic carbocycles. The molecule has 474 valence electrons. The maximum Gasteiger partial charge on any atom is 0.325 e. The first kappa shape index (κ1) is 52.2. The molecule has 0 aromatic carbocycles. The van der Waals surface area contributed by atoms with Crippen LogP contribution < -0.4 is 18.3 Å². The summed E-state index contributed by atoms with van der Waals surface area (Å²) in [5.74, 6) is 12.6. The average molecular weight is 1240 g/mol. The highest BCUT2D eigenvalue weighted by atomic mass is 16.6. The highest BCUT2D eigenvalue weighted by molar-refractivity contribution is 6.10. The molecule has 19 fully saturated rings. The first-order valence-corrected chi connectivity index (χ1v) is 37.6. The lowest BCUT2D eigenvalue weighted by atomic mass is 9.31. The van der Waals surface area contributed by atoms with Crippen molar-refractivity contribution in [2.45, 2.75) is 84.0 Å². The number of rotatable bonds is 16. The number of hydrogen-bond acceptors (Lipinski definition) is 8. The molecule has 25 rings (SSSR count). The Morgan fingerprint density at radius 2 is 0.914 bits per heavy atom. The van der Waals surface area contributed by atoms with E-state index in [9.17, 15) is 0 Å². The van der Waals surface area contributed by atoms with E-state index in [1.165, 1.54) is 25.7 Å². The Morgan fingerprint density at radius 3 is 1.52 bits per heavy atom. The molecule has 19 saturated carbocycles. The molecule has 12 nitrogen and oxygen atoms in total. The van der Waals surface area contributed by atoms with Gasteiger partial charge in [-0.15, -0.1) is 0 Å². The fourth-order valence-electron chi connectivity index (χ4n) is 37.1. The van der Waals surface area contributed by atoms with Crippen LogP contribution in [0.2, 0.25) is 0 Å². The van der Waals surface area contributed by atoms with E-state index in [-0.39, 0.29) is 79.4 Å². The Labute approximate surface area is 543 Å². The van der Waals surface area contributed by atoms with Crippen molar-refractivity contribution in [3.63, 3.8) is 0 Å². The zero-order chi connectivity index (χ0) is 60.6. The van der Waals surface area contributed by atoms with Gasteiger partial charge in [-0.3, -0.25) is 19.2 Å². The minimum Gasteiger partial charge on any atom is -0.458 e. The molecule has 0 bridgehead atoms. The molecule has 34 atom stereocenters. The lowest BCUT2D eigenvalue weighted by Gasteiger charge is -2.72. The molecule has 0 saturated heterocycles. The summed E-state index contributed by atoms with van der Waals surface area (Å²) in [6.07, 6.45) is 35.3. The van der Waals surface area contributed by atoms with Crippen LogP contribution in [0.25, 0.3) is 0 Å². The first-order valence-electron chi connectivity index (χ1n) is 37.6. The summed E-state index contributed by atoms with van der Waals surface area (Å²) in [5, 5.41) is 0. The minimum atomic E-state index is -1.39. The zero-order valence-electron chi connectivity index (χ0n) is 53.1. The summed E-state index contributed by atoms with van der Waals surface area (Å²) in [6.45, 7) is 3.09. The maximum absolute atomic E-state index is 17.1. The normalized spacial score (nSPS) is 54.0. The molecule has 4 heterocycles. The van der Waals surface area contributed by atoms with Crippen LogP contribution >= 0.6 is 0 Å². The van der Waals surface area contributed by atoms with Crippen LogP contribution in [0, 0.1) is 210 Å². The molecule has 34 unspecified atom stereocenters. The summed E-state index contributed by atoms with van der Waals surface area (Å²) in [6, 6.07) is 24.5. The Kier molecular flexibility index (Phi) is 9.26. The molecule has 0 amide bonds. The van der Waals surface area contributed by atoms with Crippen molar-refractivity contribution >= 4 is 23.9 Å². The number of esters is 4. The van der Waals surface area contributed by atoms with E-state index in [0.29, 0.717) is 174 Å². The van der Waals surface area contributed by atoms with Gasteiger partial charge in [-0.25, -0.2) is 18.3 Å². The Hall–Kier alpha value is -6.04. The number of nitrogens with zero attached hydrogens (tertiary/aromatic N) is 4. The van der Waals surface area contributed by atoms with E-state index in [2.05, 4.69) is 86.1 Å². The van der Waals surface area contributed by atoms with Crippen LogP contribution in [0.3, 0.4) is 0 Å². The van der Waals surface area contributed by atoms with Crippen molar-refractivity contribution in [2.75, 3.05) is 26.4 Å². The number of hydrogen-bond donors (Lipinski definition) is 0. The molecular formula is C81H86N4O8+4. The smallest absolute Gasteiger partial charge is 0.325 e. The van der Waals surface area contributed by atoms with Crippen molar-refractivity contribution < 1.29 is 56.4 Å². The summed E-state index contributed by atoms with van der Waals surface area (Å²) >= 11 is 0. The third-order valence-electron chi connectivity index (χ3n) is 35.9. The van der Waals surface area contributed by atoms with Crippen LogP contribution in [0.15, 0.2) is 146 Å². The molecule has 4 spiro atoms. The van der Waals surface area contributed by atoms with Gasteiger partial charge in [0.1, 0.15) is 0 Å². The minimum absolute atomic E-state index is 0.183. The predicted molar refractivity (Wildman–Crippen MR) is 327 cm³/mol. The topological polar surface area (TPSA) is 121 Å². The van der Waals surface area contributed by atoms with Gasteiger partial charge in [-0.2, -0.15) is 0 Å². The summed E-state index contributed by atoms with van der Waals surface area (Å²) in [5.41, 5.74) is -3.40.